The Balaban J connectivity index is 1.97. The average Bonchev–Trinajstić information content (AvgIpc) is 2.89. The predicted molar refractivity (Wildman–Crippen MR) is 115 cm³/mol. The van der Waals surface area contributed by atoms with Crippen molar-refractivity contribution in [3.8, 4) is 11.8 Å². The maximum atomic E-state index is 14.5. The largest absolute Gasteiger partial charge is 0.495 e. The van der Waals surface area contributed by atoms with E-state index in [1.54, 1.807) is 43.3 Å². The summed E-state index contributed by atoms with van der Waals surface area (Å²) in [4.78, 5) is 5.76. The number of benzene rings is 2. The summed E-state index contributed by atoms with van der Waals surface area (Å²) in [5.74, 6) is 0.747. The first-order valence-corrected chi connectivity index (χ1v) is 10.1. The first-order chi connectivity index (χ1) is 14.8. The Morgan fingerprint density at radius 2 is 2.06 bits per heavy atom. The molecule has 0 spiro atoms. The number of nitriles is 1. The molecule has 5 nitrogen and oxygen atoms in total. The van der Waals surface area contributed by atoms with Crippen molar-refractivity contribution in [2.75, 3.05) is 25.2 Å². The van der Waals surface area contributed by atoms with Gasteiger partial charge in [0.2, 0.25) is 0 Å². The minimum atomic E-state index is -3.62. The van der Waals surface area contributed by atoms with E-state index in [-0.39, 0.29) is 18.8 Å². The molecule has 2 heterocycles. The lowest BCUT2D eigenvalue weighted by atomic mass is 9.96. The van der Waals surface area contributed by atoms with E-state index in [2.05, 4.69) is 11.1 Å². The molecule has 2 aliphatic rings. The molecular formula is C22H17Cl2F2N3O2. The van der Waals surface area contributed by atoms with Gasteiger partial charge in [-0.05, 0) is 48.4 Å². The third kappa shape index (κ3) is 3.76. The fraction of sp³-hybridized carbons (Fsp3) is 0.273. The number of anilines is 1. The van der Waals surface area contributed by atoms with Gasteiger partial charge in [0.05, 0.1) is 36.0 Å². The van der Waals surface area contributed by atoms with E-state index in [1.165, 1.54) is 12.0 Å². The summed E-state index contributed by atoms with van der Waals surface area (Å²) in [6.07, 6.45) is -0.746. The predicted octanol–water partition coefficient (Wildman–Crippen LogP) is 5.66. The van der Waals surface area contributed by atoms with Gasteiger partial charge in [0.25, 0.3) is 0 Å². The molecule has 0 aliphatic carbocycles. The summed E-state index contributed by atoms with van der Waals surface area (Å²) in [6, 6.07) is 12.1. The van der Waals surface area contributed by atoms with Gasteiger partial charge < -0.3 is 9.47 Å². The van der Waals surface area contributed by atoms with Crippen molar-refractivity contribution >= 4 is 34.7 Å². The van der Waals surface area contributed by atoms with Crippen molar-refractivity contribution in [3.05, 3.63) is 69.4 Å². The van der Waals surface area contributed by atoms with Crippen LogP contribution < -0.4 is 9.64 Å². The van der Waals surface area contributed by atoms with E-state index >= 15 is 0 Å². The van der Waals surface area contributed by atoms with Crippen LogP contribution in [-0.2, 0) is 4.74 Å². The summed E-state index contributed by atoms with van der Waals surface area (Å²) >= 11 is 12.1. The van der Waals surface area contributed by atoms with Crippen LogP contribution in [0.4, 0.5) is 14.5 Å². The van der Waals surface area contributed by atoms with Gasteiger partial charge in [-0.1, -0.05) is 23.7 Å². The van der Waals surface area contributed by atoms with Crippen LogP contribution >= 0.6 is 23.2 Å². The van der Waals surface area contributed by atoms with Crippen molar-refractivity contribution in [1.29, 1.82) is 5.26 Å². The summed E-state index contributed by atoms with van der Waals surface area (Å²) in [5.41, 5.74) is 1.81. The Kier molecular flexibility index (Phi) is 5.65. The lowest BCUT2D eigenvalue weighted by Crippen LogP contribution is -2.41. The molecule has 0 saturated heterocycles. The molecule has 31 heavy (non-hydrogen) atoms. The number of rotatable bonds is 3. The molecule has 2 aromatic rings. The molecule has 4 rings (SSSR count). The Labute approximate surface area is 188 Å². The molecule has 0 radical (unpaired) electrons. The van der Waals surface area contributed by atoms with E-state index in [9.17, 15) is 14.0 Å². The smallest absolute Gasteiger partial charge is 0.363 e. The van der Waals surface area contributed by atoms with Crippen molar-refractivity contribution in [1.82, 2.24) is 0 Å². The summed E-state index contributed by atoms with van der Waals surface area (Å²) in [5, 5.41) is 6.15. The second-order valence-electron chi connectivity index (χ2n) is 7.13. The number of methoxy groups -OCH3 is 1. The quantitative estimate of drug-likeness (QED) is 0.550. The van der Waals surface area contributed by atoms with Gasteiger partial charge in [-0.2, -0.15) is 14.0 Å². The molecule has 0 unspecified atom stereocenters. The van der Waals surface area contributed by atoms with E-state index in [1.807, 2.05) is 0 Å². The van der Waals surface area contributed by atoms with Gasteiger partial charge in [-0.3, -0.25) is 9.89 Å². The maximum absolute atomic E-state index is 14.5. The first kappa shape index (κ1) is 21.6. The minimum Gasteiger partial charge on any atom is -0.495 e. The molecule has 0 fully saturated rings. The third-order valence-corrected chi connectivity index (χ3v) is 5.79. The van der Waals surface area contributed by atoms with Gasteiger partial charge in [0.15, 0.2) is 0 Å². The molecule has 1 atom stereocenters. The molecule has 0 bridgehead atoms. The van der Waals surface area contributed by atoms with Gasteiger partial charge in [-0.15, -0.1) is 0 Å². The number of aliphatic imine (C=N–C) groups is 1. The van der Waals surface area contributed by atoms with Crippen LogP contribution in [0.15, 0.2) is 52.7 Å². The molecule has 2 aromatic carbocycles. The van der Waals surface area contributed by atoms with Crippen LogP contribution in [0.2, 0.25) is 5.02 Å². The SMILES string of the molecule is COc1cccc([C@H]2OCC3=NCC(C)=C(C(F)(F)Cl)N3c3ccc(C#N)cc32)c1Cl. The van der Waals surface area contributed by atoms with Crippen LogP contribution in [0, 0.1) is 11.3 Å². The number of allylic oxidation sites excluding steroid dienone is 1. The Bertz CT molecular complexity index is 1150. The number of nitrogens with zero attached hydrogens (tertiary/aromatic N) is 3. The molecule has 0 N–H and O–H groups in total. The number of amidine groups is 1. The summed E-state index contributed by atoms with van der Waals surface area (Å²) in [7, 11) is 1.50. The highest BCUT2D eigenvalue weighted by Gasteiger charge is 2.43. The van der Waals surface area contributed by atoms with E-state index in [0.717, 1.165) is 0 Å². The van der Waals surface area contributed by atoms with Gasteiger partial charge in [0, 0.05) is 11.1 Å². The van der Waals surface area contributed by atoms with Crippen LogP contribution in [-0.4, -0.2) is 31.5 Å². The lowest BCUT2D eigenvalue weighted by Gasteiger charge is -2.34. The zero-order valence-corrected chi connectivity index (χ0v) is 18.1. The number of fused-ring (bicyclic) bond motifs is 3. The van der Waals surface area contributed by atoms with Crippen LogP contribution in [0.3, 0.4) is 0 Å². The normalized spacial score (nSPS) is 18.5. The highest BCUT2D eigenvalue weighted by molar-refractivity contribution is 6.33. The first-order valence-electron chi connectivity index (χ1n) is 9.34. The zero-order valence-electron chi connectivity index (χ0n) is 16.6. The second kappa shape index (κ2) is 8.12. The summed E-state index contributed by atoms with van der Waals surface area (Å²) < 4.78 is 40.4. The fourth-order valence-corrected chi connectivity index (χ4v) is 4.39. The van der Waals surface area contributed by atoms with Crippen LogP contribution in [0.5, 0.6) is 5.75 Å². The number of ether oxygens (including phenoxy) is 2. The van der Waals surface area contributed by atoms with Gasteiger partial charge in [0.1, 0.15) is 30.0 Å². The Morgan fingerprint density at radius 3 is 2.74 bits per heavy atom. The number of hydrogen-bond donors (Lipinski definition) is 0. The zero-order chi connectivity index (χ0) is 22.3. The average molecular weight is 464 g/mol. The fourth-order valence-electron chi connectivity index (χ4n) is 3.84. The standard InChI is InChI=1S/C22H17Cl2F2N3O2/c1-12-10-28-18-11-31-20(14-4-3-5-17(30-2)19(14)23)15-8-13(9-27)6-7-16(15)29(18)21(12)22(24,25)26/h3-8,20H,10-11H2,1-2H3/t20-/m1/s1. The van der Waals surface area contributed by atoms with Crippen molar-refractivity contribution in [2.45, 2.75) is 18.4 Å². The third-order valence-electron chi connectivity index (χ3n) is 5.21. The highest BCUT2D eigenvalue weighted by atomic mass is 35.5. The highest BCUT2D eigenvalue weighted by Crippen LogP contribution is 2.46. The van der Waals surface area contributed by atoms with Crippen LogP contribution in [0.25, 0.3) is 0 Å². The van der Waals surface area contributed by atoms with Crippen molar-refractivity contribution in [3.63, 3.8) is 0 Å². The van der Waals surface area contributed by atoms with E-state index in [0.29, 0.717) is 44.6 Å². The molecule has 0 aromatic heterocycles. The van der Waals surface area contributed by atoms with E-state index in [4.69, 9.17) is 32.7 Å². The Hall–Kier alpha value is -2.66. The minimum absolute atomic E-state index is 0.0570. The monoisotopic (exact) mass is 463 g/mol. The van der Waals surface area contributed by atoms with Gasteiger partial charge >= 0.3 is 5.38 Å². The number of alkyl halides is 3. The topological polar surface area (TPSA) is 57.9 Å². The molecular weight excluding hydrogens is 447 g/mol. The second-order valence-corrected chi connectivity index (χ2v) is 7.99. The molecule has 160 valence electrons. The number of hydrogen-bond acceptors (Lipinski definition) is 5. The maximum Gasteiger partial charge on any atom is 0.363 e. The van der Waals surface area contributed by atoms with Gasteiger partial charge in [-0.25, -0.2) is 0 Å². The number of halogens is 4. The van der Waals surface area contributed by atoms with E-state index < -0.39 is 11.5 Å². The van der Waals surface area contributed by atoms with Crippen LogP contribution in [0.1, 0.15) is 29.7 Å². The molecule has 0 saturated carbocycles. The Morgan fingerprint density at radius 1 is 1.29 bits per heavy atom. The van der Waals surface area contributed by atoms with Crippen molar-refractivity contribution in [2.24, 2.45) is 4.99 Å². The lowest BCUT2D eigenvalue weighted by molar-refractivity contribution is 0.114. The molecule has 9 heteroatoms. The van der Waals surface area contributed by atoms with Crippen molar-refractivity contribution < 1.29 is 18.3 Å². The molecule has 2 aliphatic heterocycles. The molecule has 0 amide bonds. The summed E-state index contributed by atoms with van der Waals surface area (Å²) in [6.45, 7) is 1.60.